The third-order valence-electron chi connectivity index (χ3n) is 4.68. The van der Waals surface area contributed by atoms with Gasteiger partial charge in [0.15, 0.2) is 0 Å². The van der Waals surface area contributed by atoms with Crippen molar-refractivity contribution >= 4 is 18.7 Å². The SMILES string of the molecule is CCC=C[C@H](C)CO[Si](c1ccccc1)(c1ccccc1)C(C)(C)C. The average Bonchev–Trinajstić information content (AvgIpc) is 2.61. The van der Waals surface area contributed by atoms with Crippen molar-refractivity contribution < 1.29 is 4.43 Å². The Kier molecular flexibility index (Phi) is 6.80. The summed E-state index contributed by atoms with van der Waals surface area (Å²) in [4.78, 5) is 0. The molecular weight excluding hydrogens is 320 g/mol. The van der Waals surface area contributed by atoms with Crippen LogP contribution in [-0.4, -0.2) is 14.9 Å². The molecule has 0 saturated carbocycles. The van der Waals surface area contributed by atoms with Gasteiger partial charge in [0.2, 0.25) is 0 Å². The molecule has 0 unspecified atom stereocenters. The highest BCUT2D eigenvalue weighted by atomic mass is 28.4. The molecule has 0 N–H and O–H groups in total. The van der Waals surface area contributed by atoms with Gasteiger partial charge in [-0.2, -0.15) is 0 Å². The molecule has 0 radical (unpaired) electrons. The van der Waals surface area contributed by atoms with Gasteiger partial charge in [-0.3, -0.25) is 0 Å². The Morgan fingerprint density at radius 3 is 1.80 bits per heavy atom. The second kappa shape index (κ2) is 8.64. The zero-order valence-corrected chi connectivity index (χ0v) is 17.3. The van der Waals surface area contributed by atoms with Crippen molar-refractivity contribution in [3.63, 3.8) is 0 Å². The lowest BCUT2D eigenvalue weighted by Crippen LogP contribution is -2.66. The lowest BCUT2D eigenvalue weighted by Gasteiger charge is -2.43. The van der Waals surface area contributed by atoms with Crippen LogP contribution in [0.25, 0.3) is 0 Å². The van der Waals surface area contributed by atoms with E-state index in [9.17, 15) is 0 Å². The lowest BCUT2D eigenvalue weighted by atomic mass is 10.2. The third-order valence-corrected chi connectivity index (χ3v) is 9.68. The predicted molar refractivity (Wildman–Crippen MR) is 112 cm³/mol. The van der Waals surface area contributed by atoms with Crippen molar-refractivity contribution in [1.82, 2.24) is 0 Å². The van der Waals surface area contributed by atoms with Crippen LogP contribution < -0.4 is 10.4 Å². The molecule has 2 heteroatoms. The minimum atomic E-state index is -2.39. The first kappa shape index (κ1) is 19.7. The smallest absolute Gasteiger partial charge is 0.261 e. The van der Waals surface area contributed by atoms with Gasteiger partial charge in [0.25, 0.3) is 8.32 Å². The van der Waals surface area contributed by atoms with Gasteiger partial charge in [-0.05, 0) is 27.8 Å². The van der Waals surface area contributed by atoms with E-state index in [1.54, 1.807) is 0 Å². The van der Waals surface area contributed by atoms with Crippen molar-refractivity contribution in [2.24, 2.45) is 5.92 Å². The van der Waals surface area contributed by atoms with Gasteiger partial charge in [0.05, 0.1) is 0 Å². The van der Waals surface area contributed by atoms with Gasteiger partial charge in [0, 0.05) is 6.61 Å². The number of allylic oxidation sites excluding steroid dienone is 1. The largest absolute Gasteiger partial charge is 0.407 e. The number of hydrogen-bond donors (Lipinski definition) is 0. The summed E-state index contributed by atoms with van der Waals surface area (Å²) >= 11 is 0. The van der Waals surface area contributed by atoms with Crippen molar-refractivity contribution in [1.29, 1.82) is 0 Å². The van der Waals surface area contributed by atoms with E-state index in [4.69, 9.17) is 4.43 Å². The van der Waals surface area contributed by atoms with Gasteiger partial charge in [-0.15, -0.1) is 0 Å². The molecule has 0 fully saturated rings. The maximum absolute atomic E-state index is 6.91. The summed E-state index contributed by atoms with van der Waals surface area (Å²) in [5, 5.41) is 2.74. The molecule has 0 aliphatic carbocycles. The topological polar surface area (TPSA) is 9.23 Å². The normalized spacial score (nSPS) is 14.0. The number of rotatable bonds is 7. The summed E-state index contributed by atoms with van der Waals surface area (Å²) in [7, 11) is -2.39. The molecular formula is C23H32OSi. The van der Waals surface area contributed by atoms with Gasteiger partial charge < -0.3 is 4.43 Å². The van der Waals surface area contributed by atoms with E-state index in [1.807, 2.05) is 0 Å². The van der Waals surface area contributed by atoms with E-state index >= 15 is 0 Å². The average molecular weight is 353 g/mol. The first-order valence-corrected chi connectivity index (χ1v) is 11.2. The van der Waals surface area contributed by atoms with Gasteiger partial charge >= 0.3 is 0 Å². The third kappa shape index (κ3) is 4.50. The summed E-state index contributed by atoms with van der Waals surface area (Å²) in [5.41, 5.74) is 0. The molecule has 2 aromatic rings. The standard InChI is InChI=1S/C23H32OSi/c1-6-7-14-20(2)19-24-25(23(3,4)5,21-15-10-8-11-16-21)22-17-12-9-13-18-22/h7-18,20H,6,19H2,1-5H3/t20-/m0/s1. The number of benzene rings is 2. The highest BCUT2D eigenvalue weighted by Crippen LogP contribution is 2.37. The zero-order valence-electron chi connectivity index (χ0n) is 16.3. The Labute approximate surface area is 154 Å². The summed E-state index contributed by atoms with van der Waals surface area (Å²) in [5.74, 6) is 0.418. The minimum Gasteiger partial charge on any atom is -0.407 e. The number of hydrogen-bond acceptors (Lipinski definition) is 1. The molecule has 0 aliphatic rings. The molecule has 0 aromatic heterocycles. The van der Waals surface area contributed by atoms with Crippen molar-refractivity contribution in [2.45, 2.75) is 46.1 Å². The summed E-state index contributed by atoms with van der Waals surface area (Å²) < 4.78 is 6.91. The Morgan fingerprint density at radius 2 is 1.40 bits per heavy atom. The van der Waals surface area contributed by atoms with E-state index in [-0.39, 0.29) is 5.04 Å². The molecule has 25 heavy (non-hydrogen) atoms. The van der Waals surface area contributed by atoms with E-state index in [1.165, 1.54) is 10.4 Å². The molecule has 134 valence electrons. The first-order chi connectivity index (χ1) is 11.9. The molecule has 0 saturated heterocycles. The van der Waals surface area contributed by atoms with Crippen molar-refractivity contribution in [2.75, 3.05) is 6.61 Å². The van der Waals surface area contributed by atoms with E-state index in [2.05, 4.69) is 107 Å². The molecule has 2 aromatic carbocycles. The maximum Gasteiger partial charge on any atom is 0.261 e. The predicted octanol–water partition coefficient (Wildman–Crippen LogP) is 5.17. The Balaban J connectivity index is 2.51. The van der Waals surface area contributed by atoms with Crippen LogP contribution in [0.4, 0.5) is 0 Å². The fourth-order valence-corrected chi connectivity index (χ4v) is 8.11. The fourth-order valence-electron chi connectivity index (χ4n) is 3.44. The quantitative estimate of drug-likeness (QED) is 0.494. The highest BCUT2D eigenvalue weighted by molar-refractivity contribution is 6.99. The van der Waals surface area contributed by atoms with Crippen LogP contribution in [0.1, 0.15) is 41.0 Å². The highest BCUT2D eigenvalue weighted by Gasteiger charge is 2.50. The molecule has 2 rings (SSSR count). The van der Waals surface area contributed by atoms with Gasteiger partial charge in [0.1, 0.15) is 0 Å². The summed E-state index contributed by atoms with van der Waals surface area (Å²) in [6.45, 7) is 12.1. The molecule has 1 nitrogen and oxygen atoms in total. The first-order valence-electron chi connectivity index (χ1n) is 9.33. The zero-order chi connectivity index (χ0) is 18.3. The minimum absolute atomic E-state index is 0.0455. The van der Waals surface area contributed by atoms with Crippen LogP contribution in [0, 0.1) is 5.92 Å². The second-order valence-electron chi connectivity index (χ2n) is 7.79. The monoisotopic (exact) mass is 352 g/mol. The molecule has 0 bridgehead atoms. The van der Waals surface area contributed by atoms with Crippen LogP contribution in [0.5, 0.6) is 0 Å². The van der Waals surface area contributed by atoms with E-state index in [0.717, 1.165) is 13.0 Å². The van der Waals surface area contributed by atoms with Crippen molar-refractivity contribution in [3.05, 3.63) is 72.8 Å². The van der Waals surface area contributed by atoms with Crippen LogP contribution in [0.2, 0.25) is 5.04 Å². The Morgan fingerprint density at radius 1 is 0.920 bits per heavy atom. The Hall–Kier alpha value is -1.64. The molecule has 0 spiro atoms. The lowest BCUT2D eigenvalue weighted by molar-refractivity contribution is 0.267. The van der Waals surface area contributed by atoms with Crippen LogP contribution in [0.15, 0.2) is 72.8 Å². The van der Waals surface area contributed by atoms with Crippen molar-refractivity contribution in [3.8, 4) is 0 Å². The fraction of sp³-hybridized carbons (Fsp3) is 0.391. The summed E-state index contributed by atoms with van der Waals surface area (Å²) in [6.07, 6.45) is 5.58. The van der Waals surface area contributed by atoms with Crippen LogP contribution >= 0.6 is 0 Å². The van der Waals surface area contributed by atoms with E-state index < -0.39 is 8.32 Å². The molecule has 0 amide bonds. The van der Waals surface area contributed by atoms with E-state index in [0.29, 0.717) is 5.92 Å². The molecule has 0 aliphatic heterocycles. The summed E-state index contributed by atoms with van der Waals surface area (Å²) in [6, 6.07) is 21.7. The molecule has 1 atom stereocenters. The van der Waals surface area contributed by atoms with Gasteiger partial charge in [-0.25, -0.2) is 0 Å². The second-order valence-corrected chi connectivity index (χ2v) is 12.1. The van der Waals surface area contributed by atoms with Gasteiger partial charge in [-0.1, -0.05) is 107 Å². The van der Waals surface area contributed by atoms with Crippen LogP contribution in [0.3, 0.4) is 0 Å². The maximum atomic E-state index is 6.91. The Bertz CT molecular complexity index is 616. The molecule has 0 heterocycles. The van der Waals surface area contributed by atoms with Crippen LogP contribution in [-0.2, 0) is 4.43 Å².